The number of amides is 1. The lowest BCUT2D eigenvalue weighted by molar-refractivity contribution is 0.0754. The van der Waals surface area contributed by atoms with Gasteiger partial charge in [0.15, 0.2) is 0 Å². The third kappa shape index (κ3) is 4.09. The summed E-state index contributed by atoms with van der Waals surface area (Å²) < 4.78 is 16.2. The van der Waals surface area contributed by atoms with Gasteiger partial charge in [-0.2, -0.15) is 0 Å². The van der Waals surface area contributed by atoms with Gasteiger partial charge >= 0.3 is 0 Å². The molecule has 1 fully saturated rings. The summed E-state index contributed by atoms with van der Waals surface area (Å²) in [6.45, 7) is 9.20. The number of fused-ring (bicyclic) bond motifs is 1. The Bertz CT molecular complexity index is 1120. The Hall–Kier alpha value is -2.73. The maximum Gasteiger partial charge on any atom is 0.256 e. The molecule has 2 atom stereocenters. The van der Waals surface area contributed by atoms with Crippen molar-refractivity contribution in [3.05, 3.63) is 59.3 Å². The largest absolute Gasteiger partial charge is 0.339 e. The maximum atomic E-state index is 14.2. The van der Waals surface area contributed by atoms with E-state index in [1.807, 2.05) is 30.8 Å². The lowest BCUT2D eigenvalue weighted by Gasteiger charge is -2.23. The minimum atomic E-state index is -0.415. The summed E-state index contributed by atoms with van der Waals surface area (Å²) in [5.74, 6) is -0.0356. The Kier molecular flexibility index (Phi) is 5.84. The number of rotatable bonds is 5. The first kappa shape index (κ1) is 21.5. The SMILES string of the molecule is Cc1cncc2c1c(C[C@@H]1CN[C@H](C)C1)cn2-c1ccc(F)cc1C(=O)N(C)C(C)C. The molecule has 0 bridgehead atoms. The fourth-order valence-corrected chi connectivity index (χ4v) is 4.61. The first-order valence-corrected chi connectivity index (χ1v) is 11.0. The molecule has 0 spiro atoms. The van der Waals surface area contributed by atoms with Crippen LogP contribution in [0.3, 0.4) is 0 Å². The van der Waals surface area contributed by atoms with E-state index in [9.17, 15) is 9.18 Å². The highest BCUT2D eigenvalue weighted by Crippen LogP contribution is 2.32. The Morgan fingerprint density at radius 2 is 2.13 bits per heavy atom. The van der Waals surface area contributed by atoms with Crippen LogP contribution in [0.25, 0.3) is 16.6 Å². The maximum absolute atomic E-state index is 14.2. The highest BCUT2D eigenvalue weighted by Gasteiger charge is 2.25. The first-order chi connectivity index (χ1) is 14.8. The number of halogens is 1. The van der Waals surface area contributed by atoms with Crippen LogP contribution in [0.15, 0.2) is 36.8 Å². The van der Waals surface area contributed by atoms with Gasteiger partial charge in [0, 0.05) is 36.9 Å². The second-order valence-electron chi connectivity index (χ2n) is 9.16. The predicted molar refractivity (Wildman–Crippen MR) is 122 cm³/mol. The molecule has 0 radical (unpaired) electrons. The van der Waals surface area contributed by atoms with Crippen LogP contribution in [-0.4, -0.2) is 46.0 Å². The lowest BCUT2D eigenvalue weighted by atomic mass is 9.96. The molecule has 0 saturated carbocycles. The van der Waals surface area contributed by atoms with Crippen LogP contribution in [0.1, 0.15) is 48.7 Å². The van der Waals surface area contributed by atoms with Crippen molar-refractivity contribution < 1.29 is 9.18 Å². The van der Waals surface area contributed by atoms with Crippen molar-refractivity contribution in [2.24, 2.45) is 5.92 Å². The van der Waals surface area contributed by atoms with Gasteiger partial charge in [0.05, 0.1) is 23.0 Å². The molecule has 1 aliphatic heterocycles. The van der Waals surface area contributed by atoms with Crippen molar-refractivity contribution in [1.29, 1.82) is 0 Å². The van der Waals surface area contributed by atoms with Gasteiger partial charge in [0.2, 0.25) is 0 Å². The molecule has 1 aliphatic rings. The highest BCUT2D eigenvalue weighted by molar-refractivity contribution is 5.99. The van der Waals surface area contributed by atoms with Crippen molar-refractivity contribution in [3.8, 4) is 5.69 Å². The molecule has 1 aromatic carbocycles. The molecule has 1 saturated heterocycles. The number of hydrogen-bond acceptors (Lipinski definition) is 3. The molecular weight excluding hydrogens is 391 g/mol. The molecule has 31 heavy (non-hydrogen) atoms. The molecule has 5 nitrogen and oxygen atoms in total. The van der Waals surface area contributed by atoms with E-state index in [0.29, 0.717) is 23.2 Å². The smallest absolute Gasteiger partial charge is 0.256 e. The average Bonchev–Trinajstić information content (AvgIpc) is 3.31. The fraction of sp³-hybridized carbons (Fsp3) is 0.440. The lowest BCUT2D eigenvalue weighted by Crippen LogP contribution is -2.33. The van der Waals surface area contributed by atoms with Gasteiger partial charge in [-0.15, -0.1) is 0 Å². The van der Waals surface area contributed by atoms with Crippen LogP contribution in [0, 0.1) is 18.7 Å². The molecule has 164 valence electrons. The van der Waals surface area contributed by atoms with Crippen molar-refractivity contribution in [3.63, 3.8) is 0 Å². The molecule has 1 amide bonds. The number of pyridine rings is 1. The Morgan fingerprint density at radius 1 is 1.35 bits per heavy atom. The molecular formula is C25H31FN4O. The minimum Gasteiger partial charge on any atom is -0.339 e. The Labute approximate surface area is 183 Å². The Balaban J connectivity index is 1.86. The number of benzene rings is 1. The summed E-state index contributed by atoms with van der Waals surface area (Å²) >= 11 is 0. The van der Waals surface area contributed by atoms with Crippen LogP contribution >= 0.6 is 0 Å². The van der Waals surface area contributed by atoms with Crippen LogP contribution in [0.4, 0.5) is 4.39 Å². The second kappa shape index (κ2) is 8.42. The van der Waals surface area contributed by atoms with Crippen molar-refractivity contribution in [2.75, 3.05) is 13.6 Å². The molecule has 1 N–H and O–H groups in total. The third-order valence-corrected chi connectivity index (χ3v) is 6.48. The van der Waals surface area contributed by atoms with Gasteiger partial charge in [-0.3, -0.25) is 9.78 Å². The summed E-state index contributed by atoms with van der Waals surface area (Å²) in [5.41, 5.74) is 4.34. The molecule has 3 aromatic rings. The van der Waals surface area contributed by atoms with Gasteiger partial charge in [0.25, 0.3) is 5.91 Å². The molecule has 0 unspecified atom stereocenters. The summed E-state index contributed by atoms with van der Waals surface area (Å²) in [6.07, 6.45) is 7.94. The van der Waals surface area contributed by atoms with Gasteiger partial charge in [-0.1, -0.05) is 0 Å². The average molecular weight is 423 g/mol. The molecule has 2 aromatic heterocycles. The second-order valence-corrected chi connectivity index (χ2v) is 9.16. The zero-order chi connectivity index (χ0) is 22.3. The number of carbonyl (C=O) groups excluding carboxylic acids is 1. The van der Waals surface area contributed by atoms with Crippen LogP contribution < -0.4 is 5.32 Å². The quantitative estimate of drug-likeness (QED) is 0.659. The van der Waals surface area contributed by atoms with Crippen molar-refractivity contribution in [1.82, 2.24) is 19.8 Å². The zero-order valence-electron chi connectivity index (χ0n) is 18.9. The fourth-order valence-electron chi connectivity index (χ4n) is 4.61. The predicted octanol–water partition coefficient (Wildman–Crippen LogP) is 4.49. The standard InChI is InChI=1S/C25H31FN4O/c1-15(2)29(5)25(31)21-10-20(26)6-7-22(21)30-14-19(9-18-8-17(4)28-12-18)24-16(3)11-27-13-23(24)30/h6-7,10-11,13-15,17-18,28H,8-9,12H2,1-5H3/t17-,18-/m1/s1. The Morgan fingerprint density at radius 3 is 2.81 bits per heavy atom. The van der Waals surface area contributed by atoms with Crippen LogP contribution in [0.5, 0.6) is 0 Å². The summed E-state index contributed by atoms with van der Waals surface area (Å²) in [5, 5.41) is 4.71. The van der Waals surface area contributed by atoms with E-state index in [4.69, 9.17) is 0 Å². The van der Waals surface area contributed by atoms with Gasteiger partial charge in [0.1, 0.15) is 5.82 Å². The highest BCUT2D eigenvalue weighted by atomic mass is 19.1. The molecule has 4 rings (SSSR count). The van der Waals surface area contributed by atoms with E-state index in [2.05, 4.69) is 30.3 Å². The summed E-state index contributed by atoms with van der Waals surface area (Å²) in [7, 11) is 1.75. The molecule has 3 heterocycles. The number of carbonyl (C=O) groups is 1. The monoisotopic (exact) mass is 422 g/mol. The van der Waals surface area contributed by atoms with E-state index in [1.54, 1.807) is 18.0 Å². The molecule has 6 heteroatoms. The van der Waals surface area contributed by atoms with Gasteiger partial charge in [-0.25, -0.2) is 4.39 Å². The molecule has 0 aliphatic carbocycles. The van der Waals surface area contributed by atoms with E-state index in [1.165, 1.54) is 23.1 Å². The van der Waals surface area contributed by atoms with Crippen LogP contribution in [-0.2, 0) is 6.42 Å². The normalized spacial score (nSPS) is 18.8. The third-order valence-electron chi connectivity index (χ3n) is 6.48. The van der Waals surface area contributed by atoms with Crippen molar-refractivity contribution >= 4 is 16.8 Å². The number of aryl methyl sites for hydroxylation is 1. The minimum absolute atomic E-state index is 0.0151. The van der Waals surface area contributed by atoms with Crippen LogP contribution in [0.2, 0.25) is 0 Å². The number of nitrogens with one attached hydrogen (secondary N) is 1. The zero-order valence-corrected chi connectivity index (χ0v) is 18.9. The van der Waals surface area contributed by atoms with E-state index in [0.717, 1.165) is 30.5 Å². The van der Waals surface area contributed by atoms with Gasteiger partial charge < -0.3 is 14.8 Å². The van der Waals surface area contributed by atoms with E-state index < -0.39 is 5.82 Å². The summed E-state index contributed by atoms with van der Waals surface area (Å²) in [6, 6.07) is 5.00. The van der Waals surface area contributed by atoms with Crippen molar-refractivity contribution in [2.45, 2.75) is 52.6 Å². The van der Waals surface area contributed by atoms with E-state index in [-0.39, 0.29) is 11.9 Å². The topological polar surface area (TPSA) is 50.2 Å². The number of hydrogen-bond donors (Lipinski definition) is 1. The first-order valence-electron chi connectivity index (χ1n) is 11.0. The van der Waals surface area contributed by atoms with E-state index >= 15 is 0 Å². The number of nitrogens with zero attached hydrogens (tertiary/aromatic N) is 3. The number of aromatic nitrogens is 2. The summed E-state index contributed by atoms with van der Waals surface area (Å²) in [4.78, 5) is 19.2. The van der Waals surface area contributed by atoms with Gasteiger partial charge in [-0.05, 0) is 82.3 Å².